The maximum Gasteiger partial charge on any atom is 0.257 e. The quantitative estimate of drug-likeness (QED) is 0.692. The second-order valence-electron chi connectivity index (χ2n) is 9.16. The van der Waals surface area contributed by atoms with Crippen molar-refractivity contribution in [2.24, 2.45) is 5.92 Å². The Morgan fingerprint density at radius 2 is 2.06 bits per heavy atom. The molecule has 0 spiro atoms. The molecule has 4 rings (SSSR count). The highest BCUT2D eigenvalue weighted by Crippen LogP contribution is 2.26. The first-order valence-corrected chi connectivity index (χ1v) is 11.9. The van der Waals surface area contributed by atoms with Crippen molar-refractivity contribution in [3.05, 3.63) is 57.6 Å². The Kier molecular flexibility index (Phi) is 7.50. The molecule has 0 bridgehead atoms. The summed E-state index contributed by atoms with van der Waals surface area (Å²) in [4.78, 5) is 33.8. The van der Waals surface area contributed by atoms with E-state index in [1.54, 1.807) is 13.0 Å². The molecular weight excluding hydrogens is 459 g/mol. The van der Waals surface area contributed by atoms with E-state index in [2.05, 4.69) is 15.2 Å². The fourth-order valence-electron chi connectivity index (χ4n) is 4.56. The lowest BCUT2D eigenvalue weighted by Crippen LogP contribution is -2.55. The van der Waals surface area contributed by atoms with Crippen molar-refractivity contribution >= 4 is 29.1 Å². The predicted octanol–water partition coefficient (Wildman–Crippen LogP) is 3.81. The van der Waals surface area contributed by atoms with Crippen molar-refractivity contribution in [1.29, 1.82) is 0 Å². The molecule has 1 aromatic carbocycles. The average molecular weight is 489 g/mol. The number of amides is 2. The standard InChI is InChI=1S/C25H30ClFN4O3/c1-15-12-30(5-6-31(15)25(33)18-4-7-34-14-18)13-20-8-21(27)10-23(16(20)2)29-24(32)19-9-22(26)17(3)28-11-19/h8-11,15,18H,4-7,12-14H2,1-3H3,(H,29,32)/t15-,18+/m0/s1. The number of hydrogen-bond donors (Lipinski definition) is 1. The van der Waals surface area contributed by atoms with Crippen LogP contribution in [0.15, 0.2) is 24.4 Å². The summed E-state index contributed by atoms with van der Waals surface area (Å²) in [7, 11) is 0. The molecule has 34 heavy (non-hydrogen) atoms. The van der Waals surface area contributed by atoms with Gasteiger partial charge < -0.3 is 15.0 Å². The first-order chi connectivity index (χ1) is 16.2. The summed E-state index contributed by atoms with van der Waals surface area (Å²) in [5.41, 5.74) is 2.96. The minimum Gasteiger partial charge on any atom is -0.381 e. The van der Waals surface area contributed by atoms with Crippen LogP contribution in [0.3, 0.4) is 0 Å². The van der Waals surface area contributed by atoms with Crippen LogP contribution in [0.25, 0.3) is 0 Å². The molecule has 0 saturated carbocycles. The van der Waals surface area contributed by atoms with Crippen LogP contribution in [0.5, 0.6) is 0 Å². The number of benzene rings is 1. The topological polar surface area (TPSA) is 74.8 Å². The summed E-state index contributed by atoms with van der Waals surface area (Å²) in [5.74, 6) is -0.684. The number of nitrogens with zero attached hydrogens (tertiary/aromatic N) is 3. The molecule has 7 nitrogen and oxygen atoms in total. The molecule has 0 aliphatic carbocycles. The van der Waals surface area contributed by atoms with Crippen molar-refractivity contribution in [2.45, 2.75) is 39.8 Å². The minimum absolute atomic E-state index is 0.0377. The molecular formula is C25H30ClFN4O3. The van der Waals surface area contributed by atoms with Crippen LogP contribution < -0.4 is 5.32 Å². The van der Waals surface area contributed by atoms with Gasteiger partial charge in [0, 0.05) is 50.7 Å². The van der Waals surface area contributed by atoms with E-state index in [4.69, 9.17) is 16.3 Å². The maximum atomic E-state index is 14.5. The number of rotatable bonds is 5. The van der Waals surface area contributed by atoms with E-state index in [1.165, 1.54) is 18.3 Å². The van der Waals surface area contributed by atoms with Crippen LogP contribution in [0.2, 0.25) is 5.02 Å². The second-order valence-corrected chi connectivity index (χ2v) is 9.57. The van der Waals surface area contributed by atoms with Gasteiger partial charge in [0.05, 0.1) is 28.8 Å². The van der Waals surface area contributed by atoms with Gasteiger partial charge in [-0.2, -0.15) is 0 Å². The summed E-state index contributed by atoms with van der Waals surface area (Å²) in [5, 5.41) is 3.19. The van der Waals surface area contributed by atoms with Gasteiger partial charge in [0.1, 0.15) is 5.82 Å². The number of aromatic nitrogens is 1. The molecule has 0 radical (unpaired) electrons. The van der Waals surface area contributed by atoms with Crippen LogP contribution in [0.1, 0.15) is 40.5 Å². The number of carbonyl (C=O) groups excluding carboxylic acids is 2. The van der Waals surface area contributed by atoms with Crippen molar-refractivity contribution in [3.8, 4) is 0 Å². The molecule has 3 heterocycles. The number of halogens is 2. The first kappa shape index (κ1) is 24.6. The Morgan fingerprint density at radius 3 is 2.74 bits per heavy atom. The third-order valence-electron chi connectivity index (χ3n) is 6.68. The Morgan fingerprint density at radius 1 is 1.26 bits per heavy atom. The van der Waals surface area contributed by atoms with Crippen LogP contribution in [-0.2, 0) is 16.1 Å². The van der Waals surface area contributed by atoms with Gasteiger partial charge in [-0.25, -0.2) is 4.39 Å². The summed E-state index contributed by atoms with van der Waals surface area (Å²) < 4.78 is 19.9. The Bertz CT molecular complexity index is 1090. The third-order valence-corrected chi connectivity index (χ3v) is 7.07. The molecule has 182 valence electrons. The predicted molar refractivity (Wildman–Crippen MR) is 128 cm³/mol. The van der Waals surface area contributed by atoms with E-state index < -0.39 is 11.7 Å². The monoisotopic (exact) mass is 488 g/mol. The number of carbonyl (C=O) groups is 2. The number of nitrogens with one attached hydrogen (secondary N) is 1. The van der Waals surface area contributed by atoms with Crippen molar-refractivity contribution in [3.63, 3.8) is 0 Å². The molecule has 2 aliphatic heterocycles. The van der Waals surface area contributed by atoms with Crippen LogP contribution in [-0.4, -0.2) is 65.5 Å². The van der Waals surface area contributed by atoms with Crippen molar-refractivity contribution in [1.82, 2.24) is 14.8 Å². The highest BCUT2D eigenvalue weighted by Gasteiger charge is 2.33. The van der Waals surface area contributed by atoms with E-state index in [9.17, 15) is 14.0 Å². The van der Waals surface area contributed by atoms with E-state index in [0.717, 1.165) is 17.5 Å². The zero-order valence-corrected chi connectivity index (χ0v) is 20.5. The number of pyridine rings is 1. The van der Waals surface area contributed by atoms with E-state index in [1.807, 2.05) is 18.7 Å². The second kappa shape index (κ2) is 10.4. The van der Waals surface area contributed by atoms with Gasteiger partial charge >= 0.3 is 0 Å². The molecule has 9 heteroatoms. The smallest absolute Gasteiger partial charge is 0.257 e. The van der Waals surface area contributed by atoms with Gasteiger partial charge in [-0.05, 0) is 56.5 Å². The Labute approximate surface area is 204 Å². The lowest BCUT2D eigenvalue weighted by Gasteiger charge is -2.41. The SMILES string of the molecule is Cc1ncc(C(=O)Nc2cc(F)cc(CN3CCN(C(=O)[C@@H]4CCOC4)[C@@H](C)C3)c2C)cc1Cl. The Hall–Kier alpha value is -2.55. The van der Waals surface area contributed by atoms with Gasteiger partial charge in [-0.15, -0.1) is 0 Å². The van der Waals surface area contributed by atoms with Crippen molar-refractivity contribution in [2.75, 3.05) is 38.2 Å². The van der Waals surface area contributed by atoms with Crippen LogP contribution in [0.4, 0.5) is 10.1 Å². The number of ether oxygens (including phenoxy) is 1. The lowest BCUT2D eigenvalue weighted by molar-refractivity contribution is -0.140. The number of hydrogen-bond acceptors (Lipinski definition) is 5. The highest BCUT2D eigenvalue weighted by atomic mass is 35.5. The molecule has 2 fully saturated rings. The zero-order chi connectivity index (χ0) is 24.4. The molecule has 2 saturated heterocycles. The van der Waals surface area contributed by atoms with Gasteiger partial charge in [-0.3, -0.25) is 19.5 Å². The van der Waals surface area contributed by atoms with Crippen molar-refractivity contribution < 1.29 is 18.7 Å². The fourth-order valence-corrected chi connectivity index (χ4v) is 4.73. The zero-order valence-electron chi connectivity index (χ0n) is 19.7. The highest BCUT2D eigenvalue weighted by molar-refractivity contribution is 6.31. The molecule has 1 aromatic heterocycles. The van der Waals surface area contributed by atoms with E-state index in [0.29, 0.717) is 61.4 Å². The number of piperazine rings is 1. The van der Waals surface area contributed by atoms with Gasteiger partial charge in [-0.1, -0.05) is 11.6 Å². The molecule has 0 unspecified atom stereocenters. The fraction of sp³-hybridized carbons (Fsp3) is 0.480. The normalized spacial score (nSPS) is 21.0. The number of aryl methyl sites for hydroxylation is 1. The first-order valence-electron chi connectivity index (χ1n) is 11.6. The molecule has 2 atom stereocenters. The van der Waals surface area contributed by atoms with Crippen LogP contribution >= 0.6 is 11.6 Å². The largest absolute Gasteiger partial charge is 0.381 e. The molecule has 2 aliphatic rings. The minimum atomic E-state index is -0.418. The average Bonchev–Trinajstić information content (AvgIpc) is 3.33. The molecule has 1 N–H and O–H groups in total. The van der Waals surface area contributed by atoms with Crippen LogP contribution in [0, 0.1) is 25.6 Å². The van der Waals surface area contributed by atoms with E-state index >= 15 is 0 Å². The Balaban J connectivity index is 1.43. The summed E-state index contributed by atoms with van der Waals surface area (Å²) in [6, 6.07) is 4.44. The summed E-state index contributed by atoms with van der Waals surface area (Å²) in [6.45, 7) is 9.40. The summed E-state index contributed by atoms with van der Waals surface area (Å²) in [6.07, 6.45) is 2.24. The lowest BCUT2D eigenvalue weighted by atomic mass is 10.0. The third kappa shape index (κ3) is 5.40. The maximum absolute atomic E-state index is 14.5. The van der Waals surface area contributed by atoms with Gasteiger partial charge in [0.25, 0.3) is 5.91 Å². The van der Waals surface area contributed by atoms with E-state index in [-0.39, 0.29) is 17.9 Å². The summed E-state index contributed by atoms with van der Waals surface area (Å²) >= 11 is 6.09. The van der Waals surface area contributed by atoms with Gasteiger partial charge in [0.15, 0.2) is 0 Å². The molecule has 2 aromatic rings. The van der Waals surface area contributed by atoms with Gasteiger partial charge in [0.2, 0.25) is 5.91 Å². The molecule has 2 amide bonds. The number of anilines is 1.